The van der Waals surface area contributed by atoms with Gasteiger partial charge in [-0.15, -0.1) is 0 Å². The quantitative estimate of drug-likeness (QED) is 0.775. The molecule has 1 N–H and O–H groups in total. The lowest BCUT2D eigenvalue weighted by Crippen LogP contribution is -3.08. The molecule has 0 amide bonds. The number of quaternary nitrogens is 1. The van der Waals surface area contributed by atoms with Crippen LogP contribution in [0.3, 0.4) is 0 Å². The molecular formula is C18H21ClFN. The minimum Gasteiger partial charge on any atom is -1.00 e. The van der Waals surface area contributed by atoms with Crippen LogP contribution < -0.4 is 17.3 Å². The van der Waals surface area contributed by atoms with Crippen molar-refractivity contribution in [2.75, 3.05) is 13.1 Å². The Balaban J connectivity index is 0.00000161. The highest BCUT2D eigenvalue weighted by atomic mass is 35.5. The minimum atomic E-state index is -0.0518. The highest BCUT2D eigenvalue weighted by Crippen LogP contribution is 2.16. The van der Waals surface area contributed by atoms with Gasteiger partial charge < -0.3 is 17.3 Å². The van der Waals surface area contributed by atoms with Crippen LogP contribution in [0, 0.1) is 11.7 Å². The van der Waals surface area contributed by atoms with E-state index in [0.29, 0.717) is 5.92 Å². The molecule has 21 heavy (non-hydrogen) atoms. The van der Waals surface area contributed by atoms with Gasteiger partial charge in [0.2, 0.25) is 0 Å². The van der Waals surface area contributed by atoms with Crippen LogP contribution in [-0.4, -0.2) is 13.1 Å². The number of halogens is 2. The molecule has 2 aromatic rings. The molecule has 0 saturated carbocycles. The third-order valence-electron chi connectivity index (χ3n) is 4.25. The van der Waals surface area contributed by atoms with E-state index >= 15 is 0 Å². The zero-order chi connectivity index (χ0) is 13.8. The van der Waals surface area contributed by atoms with E-state index in [-0.39, 0.29) is 18.2 Å². The molecule has 1 aliphatic heterocycles. The van der Waals surface area contributed by atoms with Gasteiger partial charge in [0.05, 0.1) is 13.1 Å². The van der Waals surface area contributed by atoms with Crippen molar-refractivity contribution in [3.8, 4) is 0 Å². The number of likely N-dealkylation sites (tertiary alicyclic amines) is 1. The van der Waals surface area contributed by atoms with Gasteiger partial charge in [-0.3, -0.25) is 0 Å². The molecule has 1 saturated heterocycles. The molecule has 3 rings (SSSR count). The lowest BCUT2D eigenvalue weighted by molar-refractivity contribution is -0.902. The second kappa shape index (κ2) is 7.58. The molecule has 1 heterocycles. The Labute approximate surface area is 132 Å². The lowest BCUT2D eigenvalue weighted by atomic mass is 9.98. The molecule has 0 spiro atoms. The van der Waals surface area contributed by atoms with E-state index in [0.717, 1.165) is 25.1 Å². The van der Waals surface area contributed by atoms with Crippen LogP contribution in [0.4, 0.5) is 4.39 Å². The second-order valence-electron chi connectivity index (χ2n) is 5.82. The summed E-state index contributed by atoms with van der Waals surface area (Å²) in [5, 5.41) is 0. The highest BCUT2D eigenvalue weighted by Gasteiger charge is 2.26. The monoisotopic (exact) mass is 305 g/mol. The molecule has 1 nitrogen and oxygen atoms in total. The second-order valence-corrected chi connectivity index (χ2v) is 5.82. The molecule has 1 aliphatic rings. The van der Waals surface area contributed by atoms with Crippen LogP contribution in [0.1, 0.15) is 17.5 Å². The zero-order valence-corrected chi connectivity index (χ0v) is 12.8. The van der Waals surface area contributed by atoms with Gasteiger partial charge in [0.15, 0.2) is 0 Å². The van der Waals surface area contributed by atoms with Crippen LogP contribution >= 0.6 is 0 Å². The Kier molecular flexibility index (Phi) is 5.77. The number of hydrogen-bond donors (Lipinski definition) is 1. The summed E-state index contributed by atoms with van der Waals surface area (Å²) in [5.74, 6) is 0.564. The summed E-state index contributed by atoms with van der Waals surface area (Å²) < 4.78 is 13.7. The molecule has 2 atom stereocenters. The van der Waals surface area contributed by atoms with E-state index in [1.807, 2.05) is 12.1 Å². The standard InChI is InChI=1S/C18H20FN.ClH/c19-18-9-5-4-8-17(18)12-16-10-11-20(14-16)13-15-6-2-1-3-7-15;/h1-9,16H,10-14H2;1H. The molecule has 112 valence electrons. The Morgan fingerprint density at radius 3 is 2.48 bits per heavy atom. The Morgan fingerprint density at radius 2 is 1.71 bits per heavy atom. The molecular weight excluding hydrogens is 285 g/mol. The van der Waals surface area contributed by atoms with E-state index < -0.39 is 0 Å². The van der Waals surface area contributed by atoms with Crippen molar-refractivity contribution in [1.29, 1.82) is 0 Å². The van der Waals surface area contributed by atoms with Crippen LogP contribution in [0.5, 0.6) is 0 Å². The van der Waals surface area contributed by atoms with Crippen molar-refractivity contribution in [2.24, 2.45) is 5.92 Å². The van der Waals surface area contributed by atoms with E-state index in [4.69, 9.17) is 0 Å². The van der Waals surface area contributed by atoms with Crippen LogP contribution in [0.15, 0.2) is 54.6 Å². The summed E-state index contributed by atoms with van der Waals surface area (Å²) in [6.07, 6.45) is 2.08. The molecule has 3 heteroatoms. The fourth-order valence-corrected chi connectivity index (χ4v) is 3.21. The van der Waals surface area contributed by atoms with Gasteiger partial charge in [-0.25, -0.2) is 4.39 Å². The predicted molar refractivity (Wildman–Crippen MR) is 79.1 cm³/mol. The number of rotatable bonds is 4. The van der Waals surface area contributed by atoms with Crippen molar-refractivity contribution in [3.63, 3.8) is 0 Å². The molecule has 2 unspecified atom stereocenters. The van der Waals surface area contributed by atoms with Crippen molar-refractivity contribution in [3.05, 3.63) is 71.5 Å². The summed E-state index contributed by atoms with van der Waals surface area (Å²) in [6.45, 7) is 3.45. The van der Waals surface area contributed by atoms with Gasteiger partial charge in [0.25, 0.3) is 0 Å². The molecule has 0 bridgehead atoms. The average Bonchev–Trinajstić information content (AvgIpc) is 2.90. The normalized spacial score (nSPS) is 21.0. The molecule has 0 aromatic heterocycles. The first-order valence-electron chi connectivity index (χ1n) is 7.42. The number of nitrogens with one attached hydrogen (secondary N) is 1. The maximum Gasteiger partial charge on any atom is 0.126 e. The summed E-state index contributed by atoms with van der Waals surface area (Å²) in [4.78, 5) is 1.62. The van der Waals surface area contributed by atoms with E-state index in [2.05, 4.69) is 30.3 Å². The van der Waals surface area contributed by atoms with Crippen molar-refractivity contribution < 1.29 is 21.7 Å². The maximum atomic E-state index is 13.7. The lowest BCUT2D eigenvalue weighted by Gasteiger charge is -2.13. The summed E-state index contributed by atoms with van der Waals surface area (Å²) >= 11 is 0. The van der Waals surface area contributed by atoms with E-state index in [9.17, 15) is 4.39 Å². The fourth-order valence-electron chi connectivity index (χ4n) is 3.21. The Morgan fingerprint density at radius 1 is 1.00 bits per heavy atom. The van der Waals surface area contributed by atoms with Crippen LogP contribution in [-0.2, 0) is 13.0 Å². The van der Waals surface area contributed by atoms with E-state index in [1.165, 1.54) is 18.5 Å². The minimum absolute atomic E-state index is 0. The zero-order valence-electron chi connectivity index (χ0n) is 12.1. The van der Waals surface area contributed by atoms with Gasteiger partial charge in [-0.2, -0.15) is 0 Å². The molecule has 0 radical (unpaired) electrons. The predicted octanol–water partition coefficient (Wildman–Crippen LogP) is -0.523. The fraction of sp³-hybridized carbons (Fsp3) is 0.333. The topological polar surface area (TPSA) is 4.44 Å². The highest BCUT2D eigenvalue weighted by molar-refractivity contribution is 5.18. The Bertz CT molecular complexity index is 558. The van der Waals surface area contributed by atoms with Crippen LogP contribution in [0.25, 0.3) is 0 Å². The Hall–Kier alpha value is -1.38. The maximum absolute atomic E-state index is 13.7. The summed E-state index contributed by atoms with van der Waals surface area (Å²) in [5.41, 5.74) is 2.27. The molecule has 0 aliphatic carbocycles. The van der Waals surface area contributed by atoms with Crippen molar-refractivity contribution >= 4 is 0 Å². The number of benzene rings is 2. The smallest absolute Gasteiger partial charge is 0.126 e. The third-order valence-corrected chi connectivity index (χ3v) is 4.25. The molecule has 2 aromatic carbocycles. The summed E-state index contributed by atoms with van der Waals surface area (Å²) in [6, 6.07) is 17.8. The van der Waals surface area contributed by atoms with Gasteiger partial charge in [-0.05, 0) is 18.1 Å². The van der Waals surface area contributed by atoms with Gasteiger partial charge >= 0.3 is 0 Å². The first-order valence-corrected chi connectivity index (χ1v) is 7.42. The van der Waals surface area contributed by atoms with Gasteiger partial charge in [0, 0.05) is 17.9 Å². The summed E-state index contributed by atoms with van der Waals surface area (Å²) in [7, 11) is 0. The first kappa shape index (κ1) is 16.0. The third kappa shape index (κ3) is 4.29. The SMILES string of the molecule is Fc1ccccc1CC1CC[NH+](Cc2ccccc2)C1.[Cl-]. The first-order chi connectivity index (χ1) is 9.81. The molecule has 1 fully saturated rings. The largest absolute Gasteiger partial charge is 1.00 e. The van der Waals surface area contributed by atoms with Gasteiger partial charge in [0.1, 0.15) is 12.4 Å². The van der Waals surface area contributed by atoms with Crippen molar-refractivity contribution in [2.45, 2.75) is 19.4 Å². The van der Waals surface area contributed by atoms with Crippen LogP contribution in [0.2, 0.25) is 0 Å². The van der Waals surface area contributed by atoms with Gasteiger partial charge in [-0.1, -0.05) is 48.5 Å². The number of hydrogen-bond acceptors (Lipinski definition) is 0. The van der Waals surface area contributed by atoms with Crippen molar-refractivity contribution in [1.82, 2.24) is 0 Å². The van der Waals surface area contributed by atoms with E-state index in [1.54, 1.807) is 17.0 Å². The average molecular weight is 306 g/mol.